The molecule has 0 unspecified atom stereocenters. The van der Waals surface area contributed by atoms with Crippen molar-refractivity contribution in [1.29, 1.82) is 0 Å². The third kappa shape index (κ3) is 2.20. The molecule has 3 nitrogen and oxygen atoms in total. The summed E-state index contributed by atoms with van der Waals surface area (Å²) in [5, 5.41) is 3.41. The van der Waals surface area contributed by atoms with Crippen molar-refractivity contribution < 1.29 is 17.6 Å². The molecule has 0 fully saturated rings. The molecule has 0 radical (unpaired) electrons. The number of hydrogen-bond acceptors (Lipinski definition) is 2. The van der Waals surface area contributed by atoms with Gasteiger partial charge in [0.05, 0.1) is 19.1 Å². The molecule has 0 aliphatic heterocycles. The Kier molecular flexibility index (Phi) is 2.26. The summed E-state index contributed by atoms with van der Waals surface area (Å²) in [6.07, 6.45) is -0.171. The van der Waals surface area contributed by atoms with Crippen LogP contribution in [0.1, 0.15) is 11.3 Å². The van der Waals surface area contributed by atoms with Gasteiger partial charge in [-0.1, -0.05) is 0 Å². The van der Waals surface area contributed by atoms with Crippen LogP contribution in [-0.4, -0.2) is 9.78 Å². The fraction of sp³-hybridized carbons (Fsp3) is 0.222. The summed E-state index contributed by atoms with van der Waals surface area (Å²) in [5.41, 5.74) is -0.113. The van der Waals surface area contributed by atoms with Crippen LogP contribution in [0.5, 0.6) is 0 Å². The zero-order valence-corrected chi connectivity index (χ0v) is 7.53. The van der Waals surface area contributed by atoms with Gasteiger partial charge in [-0.3, -0.25) is 4.68 Å². The number of rotatable bonds is 2. The summed E-state index contributed by atoms with van der Waals surface area (Å²) in [6, 6.07) is 2.62. The monoisotopic (exact) mass is 216 g/mol. The van der Waals surface area contributed by atoms with E-state index in [2.05, 4.69) is 5.10 Å². The van der Waals surface area contributed by atoms with Crippen LogP contribution in [0.3, 0.4) is 0 Å². The molecule has 6 heteroatoms. The third-order valence-electron chi connectivity index (χ3n) is 1.86. The van der Waals surface area contributed by atoms with Crippen molar-refractivity contribution in [2.75, 3.05) is 0 Å². The molecule has 80 valence electrons. The molecular weight excluding hydrogens is 209 g/mol. The first-order valence-electron chi connectivity index (χ1n) is 4.17. The second-order valence-electron chi connectivity index (χ2n) is 3.03. The van der Waals surface area contributed by atoms with Crippen molar-refractivity contribution in [2.45, 2.75) is 12.7 Å². The summed E-state index contributed by atoms with van der Waals surface area (Å²) in [7, 11) is 0. The Balaban J connectivity index is 2.15. The van der Waals surface area contributed by atoms with E-state index < -0.39 is 11.9 Å². The number of halogens is 3. The Labute approximate surface area is 83.1 Å². The summed E-state index contributed by atoms with van der Waals surface area (Å²) in [6.45, 7) is 0.270. The Bertz CT molecular complexity index is 430. The second kappa shape index (κ2) is 3.45. The molecule has 2 rings (SSSR count). The van der Waals surface area contributed by atoms with Gasteiger partial charge in [-0.25, -0.2) is 0 Å². The van der Waals surface area contributed by atoms with E-state index in [4.69, 9.17) is 4.42 Å². The first-order chi connectivity index (χ1) is 7.05. The van der Waals surface area contributed by atoms with Crippen LogP contribution in [0.15, 0.2) is 35.3 Å². The van der Waals surface area contributed by atoms with E-state index in [1.807, 2.05) is 0 Å². The number of furan rings is 1. The maximum Gasteiger partial charge on any atom is 0.435 e. The Morgan fingerprint density at radius 3 is 2.67 bits per heavy atom. The topological polar surface area (TPSA) is 31.0 Å². The van der Waals surface area contributed by atoms with Crippen molar-refractivity contribution in [1.82, 2.24) is 9.78 Å². The van der Waals surface area contributed by atoms with Gasteiger partial charge in [0.1, 0.15) is 0 Å². The van der Waals surface area contributed by atoms with Crippen LogP contribution in [0.25, 0.3) is 0 Å². The summed E-state index contributed by atoms with van der Waals surface area (Å²) < 4.78 is 42.6. The normalized spacial score (nSPS) is 11.9. The summed E-state index contributed by atoms with van der Waals surface area (Å²) in [5.74, 6) is 0. The van der Waals surface area contributed by atoms with Gasteiger partial charge < -0.3 is 4.42 Å². The number of hydrogen-bond donors (Lipinski definition) is 0. The van der Waals surface area contributed by atoms with Gasteiger partial charge in [-0.05, 0) is 12.1 Å². The average Bonchev–Trinajstić information content (AvgIpc) is 2.73. The van der Waals surface area contributed by atoms with Crippen molar-refractivity contribution in [3.05, 3.63) is 42.1 Å². The molecule has 15 heavy (non-hydrogen) atoms. The standard InChI is InChI=1S/C9H7F3N2O/c10-9(11,12)8-1-3-14(13-8)5-7-2-4-15-6-7/h1-4,6H,5H2. The predicted octanol–water partition coefficient (Wildman–Crippen LogP) is 2.54. The SMILES string of the molecule is FC(F)(F)c1ccn(Cc2ccoc2)n1. The minimum Gasteiger partial charge on any atom is -0.472 e. The molecule has 0 atom stereocenters. The molecule has 0 saturated heterocycles. The lowest BCUT2D eigenvalue weighted by atomic mass is 10.3. The zero-order valence-electron chi connectivity index (χ0n) is 7.53. The maximum absolute atomic E-state index is 12.2. The van der Waals surface area contributed by atoms with Gasteiger partial charge >= 0.3 is 6.18 Å². The van der Waals surface area contributed by atoms with E-state index in [-0.39, 0.29) is 6.54 Å². The van der Waals surface area contributed by atoms with Crippen molar-refractivity contribution >= 4 is 0 Å². The quantitative estimate of drug-likeness (QED) is 0.772. The van der Waals surface area contributed by atoms with Crippen LogP contribution in [0, 0.1) is 0 Å². The van der Waals surface area contributed by atoms with Gasteiger partial charge in [0.15, 0.2) is 5.69 Å². The van der Waals surface area contributed by atoms with E-state index in [9.17, 15) is 13.2 Å². The molecule has 0 aromatic carbocycles. The van der Waals surface area contributed by atoms with Crippen LogP contribution >= 0.6 is 0 Å². The van der Waals surface area contributed by atoms with Gasteiger partial charge in [-0.15, -0.1) is 0 Å². The smallest absolute Gasteiger partial charge is 0.435 e. The number of alkyl halides is 3. The molecule has 0 saturated carbocycles. The highest BCUT2D eigenvalue weighted by molar-refractivity contribution is 5.08. The molecule has 2 heterocycles. The third-order valence-corrected chi connectivity index (χ3v) is 1.86. The maximum atomic E-state index is 12.2. The van der Waals surface area contributed by atoms with Gasteiger partial charge in [0, 0.05) is 11.8 Å². The van der Waals surface area contributed by atoms with E-state index in [0.29, 0.717) is 0 Å². The minimum absolute atomic E-state index is 0.270. The fourth-order valence-corrected chi connectivity index (χ4v) is 1.17. The molecule has 0 N–H and O–H groups in total. The molecule has 0 amide bonds. The molecule has 2 aromatic rings. The lowest BCUT2D eigenvalue weighted by Gasteiger charge is -2.01. The van der Waals surface area contributed by atoms with Crippen LogP contribution in [0.2, 0.25) is 0 Å². The second-order valence-corrected chi connectivity index (χ2v) is 3.03. The molecule has 0 aliphatic rings. The molecule has 0 spiro atoms. The molecule has 2 aromatic heterocycles. The minimum atomic E-state index is -4.39. The Morgan fingerprint density at radius 1 is 1.33 bits per heavy atom. The highest BCUT2D eigenvalue weighted by atomic mass is 19.4. The van der Waals surface area contributed by atoms with Gasteiger partial charge in [-0.2, -0.15) is 18.3 Å². The largest absolute Gasteiger partial charge is 0.472 e. The van der Waals surface area contributed by atoms with Crippen LogP contribution in [-0.2, 0) is 12.7 Å². The first kappa shape index (κ1) is 9.82. The van der Waals surface area contributed by atoms with E-state index >= 15 is 0 Å². The predicted molar refractivity (Wildman–Crippen MR) is 45.0 cm³/mol. The molecular formula is C9H7F3N2O. The molecule has 0 bridgehead atoms. The zero-order chi connectivity index (χ0) is 10.9. The summed E-state index contributed by atoms with van der Waals surface area (Å²) >= 11 is 0. The van der Waals surface area contributed by atoms with Crippen molar-refractivity contribution in [3.63, 3.8) is 0 Å². The van der Waals surface area contributed by atoms with Crippen LogP contribution < -0.4 is 0 Å². The Hall–Kier alpha value is -1.72. The average molecular weight is 216 g/mol. The lowest BCUT2D eigenvalue weighted by molar-refractivity contribution is -0.141. The fourth-order valence-electron chi connectivity index (χ4n) is 1.17. The Morgan fingerprint density at radius 2 is 2.13 bits per heavy atom. The van der Waals surface area contributed by atoms with Crippen molar-refractivity contribution in [2.24, 2.45) is 0 Å². The van der Waals surface area contributed by atoms with Crippen LogP contribution in [0.4, 0.5) is 13.2 Å². The number of nitrogens with zero attached hydrogens (tertiary/aromatic N) is 2. The first-order valence-corrected chi connectivity index (χ1v) is 4.17. The number of aromatic nitrogens is 2. The van der Waals surface area contributed by atoms with E-state index in [1.54, 1.807) is 6.07 Å². The summed E-state index contributed by atoms with van der Waals surface area (Å²) in [4.78, 5) is 0. The van der Waals surface area contributed by atoms with Crippen molar-refractivity contribution in [3.8, 4) is 0 Å². The molecule has 0 aliphatic carbocycles. The highest BCUT2D eigenvalue weighted by Crippen LogP contribution is 2.27. The lowest BCUT2D eigenvalue weighted by Crippen LogP contribution is -2.08. The highest BCUT2D eigenvalue weighted by Gasteiger charge is 2.33. The van der Waals surface area contributed by atoms with Gasteiger partial charge in [0.25, 0.3) is 0 Å². The van der Waals surface area contributed by atoms with Gasteiger partial charge in [0.2, 0.25) is 0 Å². The van der Waals surface area contributed by atoms with E-state index in [1.165, 1.54) is 23.4 Å². The van der Waals surface area contributed by atoms with E-state index in [0.717, 1.165) is 11.6 Å².